The van der Waals surface area contributed by atoms with Crippen LogP contribution in [0.3, 0.4) is 0 Å². The van der Waals surface area contributed by atoms with Gasteiger partial charge in [0, 0.05) is 17.5 Å². The van der Waals surface area contributed by atoms with Gasteiger partial charge in [-0.2, -0.15) is 0 Å². The van der Waals surface area contributed by atoms with E-state index in [1.54, 1.807) is 6.92 Å². The van der Waals surface area contributed by atoms with E-state index in [0.29, 0.717) is 12.1 Å². The molecule has 2 nitrogen and oxygen atoms in total. The Kier molecular flexibility index (Phi) is 4.13. The summed E-state index contributed by atoms with van der Waals surface area (Å²) >= 11 is 1.48. The van der Waals surface area contributed by atoms with E-state index < -0.39 is 23.4 Å². The van der Waals surface area contributed by atoms with Crippen molar-refractivity contribution < 1.29 is 18.0 Å². The summed E-state index contributed by atoms with van der Waals surface area (Å²) in [7, 11) is 1.53. The molecule has 1 atom stereocenters. The van der Waals surface area contributed by atoms with E-state index in [1.165, 1.54) is 23.3 Å². The summed E-state index contributed by atoms with van der Waals surface area (Å²) in [5.74, 6) is -4.88. The molecule has 0 aliphatic heterocycles. The van der Waals surface area contributed by atoms with Crippen LogP contribution in [0, 0.1) is 17.5 Å². The zero-order valence-corrected chi connectivity index (χ0v) is 11.7. The molecule has 6 heteroatoms. The molecule has 0 N–H and O–H groups in total. The molecule has 2 aromatic rings. The Morgan fingerprint density at radius 3 is 2.35 bits per heavy atom. The fraction of sp³-hybridized carbons (Fsp3) is 0.214. The molecule has 1 amide bonds. The van der Waals surface area contributed by atoms with Gasteiger partial charge in [-0.1, -0.05) is 6.07 Å². The Hall–Kier alpha value is -1.82. The topological polar surface area (TPSA) is 20.3 Å². The van der Waals surface area contributed by atoms with Gasteiger partial charge in [-0.15, -0.1) is 11.3 Å². The minimum Gasteiger partial charge on any atom is -0.334 e. The molecule has 1 aromatic heterocycles. The van der Waals surface area contributed by atoms with Gasteiger partial charge in [0.05, 0.1) is 6.04 Å². The molecule has 0 saturated carbocycles. The van der Waals surface area contributed by atoms with E-state index in [9.17, 15) is 18.0 Å². The van der Waals surface area contributed by atoms with Crippen LogP contribution in [-0.4, -0.2) is 17.9 Å². The van der Waals surface area contributed by atoms with Crippen molar-refractivity contribution in [1.82, 2.24) is 4.90 Å². The predicted octanol–water partition coefficient (Wildman–Crippen LogP) is 4.00. The number of benzene rings is 1. The second-order valence-electron chi connectivity index (χ2n) is 4.36. The number of hydrogen-bond acceptors (Lipinski definition) is 2. The summed E-state index contributed by atoms with van der Waals surface area (Å²) in [4.78, 5) is 14.5. The second-order valence-corrected chi connectivity index (χ2v) is 5.34. The molecular formula is C14H12F3NOS. The van der Waals surface area contributed by atoms with Gasteiger partial charge in [0.15, 0.2) is 17.5 Å². The lowest BCUT2D eigenvalue weighted by atomic mass is 10.1. The molecule has 1 aromatic carbocycles. The van der Waals surface area contributed by atoms with Crippen molar-refractivity contribution in [2.24, 2.45) is 0 Å². The van der Waals surface area contributed by atoms with Crippen molar-refractivity contribution in [3.8, 4) is 0 Å². The van der Waals surface area contributed by atoms with Crippen molar-refractivity contribution in [3.05, 3.63) is 57.5 Å². The molecule has 1 unspecified atom stereocenters. The summed E-state index contributed by atoms with van der Waals surface area (Å²) in [5.41, 5.74) is -0.215. The lowest BCUT2D eigenvalue weighted by molar-refractivity contribution is 0.0743. The molecular weight excluding hydrogens is 287 g/mol. The van der Waals surface area contributed by atoms with E-state index in [4.69, 9.17) is 0 Å². The predicted molar refractivity (Wildman–Crippen MR) is 71.1 cm³/mol. The van der Waals surface area contributed by atoms with Crippen LogP contribution in [0.25, 0.3) is 0 Å². The standard InChI is InChI=1S/C14H12F3NOS/c1-8(12-4-3-5-20-12)18(2)14(19)9-6-10(15)13(17)11(16)7-9/h3-8H,1-2H3. The van der Waals surface area contributed by atoms with Gasteiger partial charge in [-0.3, -0.25) is 4.79 Å². The SMILES string of the molecule is CC(c1cccs1)N(C)C(=O)c1cc(F)c(F)c(F)c1. The monoisotopic (exact) mass is 299 g/mol. The summed E-state index contributed by atoms with van der Waals surface area (Å²) in [6.07, 6.45) is 0. The highest BCUT2D eigenvalue weighted by atomic mass is 32.1. The third-order valence-corrected chi connectivity index (χ3v) is 4.13. The van der Waals surface area contributed by atoms with Gasteiger partial charge in [0.2, 0.25) is 0 Å². The van der Waals surface area contributed by atoms with E-state index in [2.05, 4.69) is 0 Å². The summed E-state index contributed by atoms with van der Waals surface area (Å²) < 4.78 is 39.2. The van der Waals surface area contributed by atoms with E-state index in [0.717, 1.165) is 4.88 Å². The Balaban J connectivity index is 2.27. The molecule has 20 heavy (non-hydrogen) atoms. The van der Waals surface area contributed by atoms with Crippen LogP contribution in [0.15, 0.2) is 29.6 Å². The maximum absolute atomic E-state index is 13.2. The molecule has 1 heterocycles. The molecule has 0 radical (unpaired) electrons. The van der Waals surface area contributed by atoms with Gasteiger partial charge in [0.25, 0.3) is 5.91 Å². The van der Waals surface area contributed by atoms with Crippen LogP contribution < -0.4 is 0 Å². The first-order valence-corrected chi connectivity index (χ1v) is 6.75. The molecule has 0 spiro atoms. The number of halogens is 3. The molecule has 0 saturated heterocycles. The van der Waals surface area contributed by atoms with Crippen LogP contribution in [0.1, 0.15) is 28.2 Å². The average Bonchev–Trinajstić information content (AvgIpc) is 2.95. The van der Waals surface area contributed by atoms with Crippen LogP contribution in [0.5, 0.6) is 0 Å². The minimum absolute atomic E-state index is 0.215. The number of thiophene rings is 1. The quantitative estimate of drug-likeness (QED) is 0.785. The lowest BCUT2D eigenvalue weighted by Gasteiger charge is -2.24. The zero-order chi connectivity index (χ0) is 14.9. The lowest BCUT2D eigenvalue weighted by Crippen LogP contribution is -2.29. The van der Waals surface area contributed by atoms with Gasteiger partial charge in [-0.25, -0.2) is 13.2 Å². The average molecular weight is 299 g/mol. The number of amides is 1. The number of carbonyl (C=O) groups excluding carboxylic acids is 1. The molecule has 0 bridgehead atoms. The van der Waals surface area contributed by atoms with E-state index in [-0.39, 0.29) is 11.6 Å². The number of hydrogen-bond donors (Lipinski definition) is 0. The Labute approximate surface area is 118 Å². The highest BCUT2D eigenvalue weighted by Crippen LogP contribution is 2.25. The van der Waals surface area contributed by atoms with Crippen molar-refractivity contribution in [3.63, 3.8) is 0 Å². The van der Waals surface area contributed by atoms with Gasteiger partial charge in [0.1, 0.15) is 0 Å². The van der Waals surface area contributed by atoms with Gasteiger partial charge < -0.3 is 4.90 Å². The van der Waals surface area contributed by atoms with Crippen LogP contribution in [0.4, 0.5) is 13.2 Å². The van der Waals surface area contributed by atoms with E-state index in [1.807, 2.05) is 17.5 Å². The first-order valence-electron chi connectivity index (χ1n) is 5.87. The molecule has 0 fully saturated rings. The molecule has 0 aliphatic rings. The third-order valence-electron chi connectivity index (χ3n) is 3.09. The number of nitrogens with zero attached hydrogens (tertiary/aromatic N) is 1. The molecule has 2 rings (SSSR count). The fourth-order valence-electron chi connectivity index (χ4n) is 1.78. The molecule has 0 aliphatic carbocycles. The summed E-state index contributed by atoms with van der Waals surface area (Å²) in [6.45, 7) is 1.81. The highest BCUT2D eigenvalue weighted by molar-refractivity contribution is 7.10. The second kappa shape index (κ2) is 5.66. The van der Waals surface area contributed by atoms with E-state index >= 15 is 0 Å². The maximum Gasteiger partial charge on any atom is 0.254 e. The Bertz CT molecular complexity index is 604. The number of rotatable bonds is 3. The smallest absolute Gasteiger partial charge is 0.254 e. The summed E-state index contributed by atoms with van der Waals surface area (Å²) in [5, 5.41) is 1.88. The minimum atomic E-state index is -1.57. The van der Waals surface area contributed by atoms with Crippen LogP contribution >= 0.6 is 11.3 Å². The van der Waals surface area contributed by atoms with Gasteiger partial charge in [-0.05, 0) is 30.5 Å². The van der Waals surface area contributed by atoms with Crippen molar-refractivity contribution in [1.29, 1.82) is 0 Å². The van der Waals surface area contributed by atoms with Crippen molar-refractivity contribution in [2.45, 2.75) is 13.0 Å². The maximum atomic E-state index is 13.2. The normalized spacial score (nSPS) is 12.2. The van der Waals surface area contributed by atoms with Crippen LogP contribution in [0.2, 0.25) is 0 Å². The zero-order valence-electron chi connectivity index (χ0n) is 10.9. The summed E-state index contributed by atoms with van der Waals surface area (Å²) in [6, 6.07) is 4.90. The third kappa shape index (κ3) is 2.70. The van der Waals surface area contributed by atoms with Crippen LogP contribution in [-0.2, 0) is 0 Å². The molecule has 106 valence electrons. The number of carbonyl (C=O) groups is 1. The van der Waals surface area contributed by atoms with Crippen molar-refractivity contribution in [2.75, 3.05) is 7.05 Å². The fourth-order valence-corrected chi connectivity index (χ4v) is 2.60. The Morgan fingerprint density at radius 2 is 1.85 bits per heavy atom. The Morgan fingerprint density at radius 1 is 1.25 bits per heavy atom. The first-order chi connectivity index (χ1) is 9.41. The largest absolute Gasteiger partial charge is 0.334 e. The van der Waals surface area contributed by atoms with Crippen molar-refractivity contribution >= 4 is 17.2 Å². The highest BCUT2D eigenvalue weighted by Gasteiger charge is 2.22. The first kappa shape index (κ1) is 14.6. The van der Waals surface area contributed by atoms with Gasteiger partial charge >= 0.3 is 0 Å².